The molecule has 236 valence electrons. The predicted molar refractivity (Wildman–Crippen MR) is 167 cm³/mol. The van der Waals surface area contributed by atoms with Crippen LogP contribution in [0.15, 0.2) is 84.9 Å². The van der Waals surface area contributed by atoms with E-state index >= 15 is 0 Å². The second kappa shape index (κ2) is 15.5. The van der Waals surface area contributed by atoms with E-state index in [2.05, 4.69) is 16.0 Å². The molecule has 0 bridgehead atoms. The van der Waals surface area contributed by atoms with E-state index in [1.807, 2.05) is 60.7 Å². The smallest absolute Gasteiger partial charge is 0.246 e. The second-order valence-corrected chi connectivity index (χ2v) is 11.2. The van der Waals surface area contributed by atoms with Crippen LogP contribution in [0.25, 0.3) is 0 Å². The maximum absolute atomic E-state index is 13.7. The van der Waals surface area contributed by atoms with Crippen molar-refractivity contribution in [1.29, 1.82) is 0 Å². The lowest BCUT2D eigenvalue weighted by Crippen LogP contribution is -2.58. The van der Waals surface area contributed by atoms with Gasteiger partial charge in [-0.1, -0.05) is 72.8 Å². The molecule has 1 saturated heterocycles. The Hall–Kier alpha value is -5.19. The van der Waals surface area contributed by atoms with Crippen molar-refractivity contribution in [3.05, 3.63) is 102 Å². The number of hydrogen-bond donors (Lipinski definition) is 5. The number of nitrogens with zero attached hydrogens (tertiary/aromatic N) is 1. The summed E-state index contributed by atoms with van der Waals surface area (Å²) in [5, 5.41) is 17.8. The average molecular weight is 614 g/mol. The minimum absolute atomic E-state index is 0.0775. The summed E-state index contributed by atoms with van der Waals surface area (Å²) in [7, 11) is 0. The highest BCUT2D eigenvalue weighted by molar-refractivity contribution is 5.95. The Labute approximate surface area is 262 Å². The van der Waals surface area contributed by atoms with Crippen LogP contribution in [-0.2, 0) is 43.2 Å². The molecule has 1 heterocycles. The molecule has 6 N–H and O–H groups in total. The molecule has 1 aliphatic rings. The standard InChI is InChI=1S/C34H39N5O6/c1-22(40)36-29(21-25-14-16-26(41)17-15-25)34(45)39-18-8-13-30(39)33(44)38-28(20-24-11-6-3-7-12-24)32(43)37-27(31(35)42)19-23-9-4-2-5-10-23/h2-7,9-12,14-17,27-30,41H,8,13,18-21H2,1H3,(H2,35,42)(H,36,40)(H,37,43)(H,38,44)/t27?,28?,29-,30-/m0/s1. The van der Waals surface area contributed by atoms with Gasteiger partial charge in [0.05, 0.1) is 0 Å². The summed E-state index contributed by atoms with van der Waals surface area (Å²) in [6.45, 7) is 1.62. The molecule has 5 amide bonds. The summed E-state index contributed by atoms with van der Waals surface area (Å²) in [6, 6.07) is 20.7. The normalized spacial score (nSPS) is 16.2. The summed E-state index contributed by atoms with van der Waals surface area (Å²) in [5.41, 5.74) is 7.96. The van der Waals surface area contributed by atoms with Gasteiger partial charge in [0.15, 0.2) is 0 Å². The number of benzene rings is 3. The first-order chi connectivity index (χ1) is 21.6. The SMILES string of the molecule is CC(=O)N[C@@H](Cc1ccc(O)cc1)C(=O)N1CCC[C@H]1C(=O)NC(Cc1ccccc1)C(=O)NC(Cc1ccccc1)C(N)=O. The van der Waals surface area contributed by atoms with Gasteiger partial charge in [-0.15, -0.1) is 0 Å². The molecule has 4 atom stereocenters. The zero-order valence-electron chi connectivity index (χ0n) is 25.1. The number of hydrogen-bond acceptors (Lipinski definition) is 6. The minimum atomic E-state index is -1.06. The van der Waals surface area contributed by atoms with Crippen molar-refractivity contribution in [3.8, 4) is 5.75 Å². The van der Waals surface area contributed by atoms with Gasteiger partial charge in [-0.2, -0.15) is 0 Å². The fourth-order valence-electron chi connectivity index (χ4n) is 5.49. The number of amides is 5. The molecule has 3 aromatic carbocycles. The fraction of sp³-hybridized carbons (Fsp3) is 0.324. The quantitative estimate of drug-likeness (QED) is 0.195. The average Bonchev–Trinajstić information content (AvgIpc) is 3.52. The second-order valence-electron chi connectivity index (χ2n) is 11.2. The molecular weight excluding hydrogens is 574 g/mol. The van der Waals surface area contributed by atoms with Gasteiger partial charge in [0, 0.05) is 32.7 Å². The molecule has 0 saturated carbocycles. The van der Waals surface area contributed by atoms with E-state index in [9.17, 15) is 29.1 Å². The lowest BCUT2D eigenvalue weighted by Gasteiger charge is -2.30. The predicted octanol–water partition coefficient (Wildman–Crippen LogP) is 1.37. The fourth-order valence-corrected chi connectivity index (χ4v) is 5.49. The number of phenols is 1. The number of aromatic hydroxyl groups is 1. The van der Waals surface area contributed by atoms with Crippen molar-refractivity contribution >= 4 is 29.5 Å². The van der Waals surface area contributed by atoms with E-state index in [4.69, 9.17) is 5.73 Å². The molecule has 4 rings (SSSR count). The first kappa shape index (κ1) is 32.7. The molecule has 2 unspecified atom stereocenters. The number of phenolic OH excluding ortho intramolecular Hbond substituents is 1. The Balaban J connectivity index is 1.51. The third-order valence-electron chi connectivity index (χ3n) is 7.75. The van der Waals surface area contributed by atoms with E-state index in [0.717, 1.165) is 16.7 Å². The van der Waals surface area contributed by atoms with Gasteiger partial charge in [-0.25, -0.2) is 0 Å². The third kappa shape index (κ3) is 9.40. The number of likely N-dealkylation sites (tertiary alicyclic amines) is 1. The molecule has 11 heteroatoms. The van der Waals surface area contributed by atoms with Gasteiger partial charge in [0.1, 0.15) is 29.9 Å². The van der Waals surface area contributed by atoms with Crippen LogP contribution in [0.3, 0.4) is 0 Å². The zero-order valence-corrected chi connectivity index (χ0v) is 25.1. The summed E-state index contributed by atoms with van der Waals surface area (Å²) in [5.74, 6) is -2.54. The van der Waals surface area contributed by atoms with E-state index in [1.54, 1.807) is 12.1 Å². The molecule has 0 aromatic heterocycles. The van der Waals surface area contributed by atoms with Gasteiger partial charge in [0.2, 0.25) is 29.5 Å². The van der Waals surface area contributed by atoms with Crippen LogP contribution in [0.5, 0.6) is 5.75 Å². The molecule has 1 aliphatic heterocycles. The van der Waals surface area contributed by atoms with Crippen LogP contribution in [0.2, 0.25) is 0 Å². The van der Waals surface area contributed by atoms with Crippen molar-refractivity contribution in [2.75, 3.05) is 6.54 Å². The molecule has 45 heavy (non-hydrogen) atoms. The molecule has 0 spiro atoms. The number of primary amides is 1. The van der Waals surface area contributed by atoms with Crippen LogP contribution in [0.1, 0.15) is 36.5 Å². The largest absolute Gasteiger partial charge is 0.508 e. The summed E-state index contributed by atoms with van der Waals surface area (Å²) in [6.07, 6.45) is 1.43. The van der Waals surface area contributed by atoms with Crippen molar-refractivity contribution < 1.29 is 29.1 Å². The maximum atomic E-state index is 13.7. The molecule has 11 nitrogen and oxygen atoms in total. The number of nitrogens with one attached hydrogen (secondary N) is 3. The highest BCUT2D eigenvalue weighted by atomic mass is 16.3. The van der Waals surface area contributed by atoms with Gasteiger partial charge in [-0.05, 0) is 41.7 Å². The minimum Gasteiger partial charge on any atom is -0.508 e. The Morgan fingerprint density at radius 2 is 1.29 bits per heavy atom. The third-order valence-corrected chi connectivity index (χ3v) is 7.75. The summed E-state index contributed by atoms with van der Waals surface area (Å²) < 4.78 is 0. The maximum Gasteiger partial charge on any atom is 0.246 e. The molecule has 0 aliphatic carbocycles. The van der Waals surface area contributed by atoms with Crippen molar-refractivity contribution in [2.45, 2.75) is 63.2 Å². The summed E-state index contributed by atoms with van der Waals surface area (Å²) >= 11 is 0. The van der Waals surface area contributed by atoms with E-state index < -0.39 is 53.7 Å². The van der Waals surface area contributed by atoms with E-state index in [-0.39, 0.29) is 25.0 Å². The van der Waals surface area contributed by atoms with Crippen LogP contribution >= 0.6 is 0 Å². The van der Waals surface area contributed by atoms with Crippen LogP contribution < -0.4 is 21.7 Å². The number of rotatable bonds is 13. The molecule has 1 fully saturated rings. The number of nitrogens with two attached hydrogens (primary N) is 1. The van der Waals surface area contributed by atoms with Crippen molar-refractivity contribution in [3.63, 3.8) is 0 Å². The van der Waals surface area contributed by atoms with Crippen LogP contribution in [-0.4, -0.2) is 70.3 Å². The Morgan fingerprint density at radius 3 is 1.84 bits per heavy atom. The lowest BCUT2D eigenvalue weighted by atomic mass is 10.0. The van der Waals surface area contributed by atoms with Gasteiger partial charge < -0.3 is 31.7 Å². The Kier molecular flexibility index (Phi) is 11.3. The Morgan fingerprint density at radius 1 is 0.756 bits per heavy atom. The molecular formula is C34H39N5O6. The zero-order chi connectivity index (χ0) is 32.3. The van der Waals surface area contributed by atoms with E-state index in [1.165, 1.54) is 24.0 Å². The van der Waals surface area contributed by atoms with Crippen molar-refractivity contribution in [1.82, 2.24) is 20.9 Å². The number of carbonyl (C=O) groups excluding carboxylic acids is 5. The monoisotopic (exact) mass is 613 g/mol. The molecule has 0 radical (unpaired) electrons. The van der Waals surface area contributed by atoms with Gasteiger partial charge in [0.25, 0.3) is 0 Å². The van der Waals surface area contributed by atoms with Crippen LogP contribution in [0, 0.1) is 0 Å². The first-order valence-corrected chi connectivity index (χ1v) is 14.9. The van der Waals surface area contributed by atoms with Gasteiger partial charge in [-0.3, -0.25) is 24.0 Å². The van der Waals surface area contributed by atoms with Crippen molar-refractivity contribution in [2.24, 2.45) is 5.73 Å². The van der Waals surface area contributed by atoms with Gasteiger partial charge >= 0.3 is 0 Å². The highest BCUT2D eigenvalue weighted by Crippen LogP contribution is 2.21. The number of carbonyl (C=O) groups is 5. The first-order valence-electron chi connectivity index (χ1n) is 14.9. The van der Waals surface area contributed by atoms with Crippen LogP contribution in [0.4, 0.5) is 0 Å². The molecule has 3 aromatic rings. The Bertz CT molecular complexity index is 1480. The summed E-state index contributed by atoms with van der Waals surface area (Å²) in [4.78, 5) is 66.8. The van der Waals surface area contributed by atoms with E-state index in [0.29, 0.717) is 19.4 Å². The topological polar surface area (TPSA) is 171 Å². The lowest BCUT2D eigenvalue weighted by molar-refractivity contribution is -0.142. The highest BCUT2D eigenvalue weighted by Gasteiger charge is 2.39.